The van der Waals surface area contributed by atoms with Gasteiger partial charge in [-0.3, -0.25) is 9.59 Å². The molecule has 0 saturated carbocycles. The van der Waals surface area contributed by atoms with E-state index in [-0.39, 0.29) is 23.9 Å². The largest absolute Gasteiger partial charge is 0.350 e. The van der Waals surface area contributed by atoms with Crippen LogP contribution in [0.4, 0.5) is 0 Å². The number of hydrogen-bond donors (Lipinski definition) is 1. The van der Waals surface area contributed by atoms with E-state index in [4.69, 9.17) is 0 Å². The Morgan fingerprint density at radius 1 is 1.29 bits per heavy atom. The van der Waals surface area contributed by atoms with Gasteiger partial charge in [-0.25, -0.2) is 4.98 Å². The van der Waals surface area contributed by atoms with Crippen molar-refractivity contribution in [2.45, 2.75) is 33.2 Å². The lowest BCUT2D eigenvalue weighted by Gasteiger charge is -2.24. The van der Waals surface area contributed by atoms with E-state index < -0.39 is 0 Å². The highest BCUT2D eigenvalue weighted by atomic mass is 32.1. The zero-order valence-electron chi connectivity index (χ0n) is 14.5. The summed E-state index contributed by atoms with van der Waals surface area (Å²) in [4.78, 5) is 30.3. The minimum absolute atomic E-state index is 0.0524. The van der Waals surface area contributed by atoms with Crippen molar-refractivity contribution in [1.29, 1.82) is 0 Å². The molecule has 0 spiro atoms. The van der Waals surface area contributed by atoms with Crippen LogP contribution in [-0.4, -0.2) is 40.3 Å². The molecule has 0 aliphatic heterocycles. The maximum atomic E-state index is 12.3. The molecule has 2 aromatic rings. The average molecular weight is 345 g/mol. The summed E-state index contributed by atoms with van der Waals surface area (Å²) in [5.41, 5.74) is 0.614. The van der Waals surface area contributed by atoms with Crippen LogP contribution in [0.2, 0.25) is 0 Å². The fraction of sp³-hybridized carbons (Fsp3) is 0.389. The first-order valence-corrected chi connectivity index (χ1v) is 8.73. The van der Waals surface area contributed by atoms with Crippen molar-refractivity contribution < 1.29 is 9.59 Å². The van der Waals surface area contributed by atoms with Gasteiger partial charge in [-0.2, -0.15) is 0 Å². The molecule has 5 nitrogen and oxygen atoms in total. The van der Waals surface area contributed by atoms with Crippen molar-refractivity contribution >= 4 is 39.4 Å². The van der Waals surface area contributed by atoms with E-state index in [9.17, 15) is 9.59 Å². The molecule has 24 heavy (non-hydrogen) atoms. The van der Waals surface area contributed by atoms with Crippen LogP contribution in [0.3, 0.4) is 0 Å². The first-order chi connectivity index (χ1) is 11.3. The molecule has 0 aliphatic rings. The summed E-state index contributed by atoms with van der Waals surface area (Å²) in [6, 6.07) is 7.85. The normalized spacial score (nSPS) is 11.8. The van der Waals surface area contributed by atoms with Gasteiger partial charge >= 0.3 is 0 Å². The summed E-state index contributed by atoms with van der Waals surface area (Å²) < 4.78 is 1.08. The molecule has 2 rings (SSSR count). The number of rotatable bonds is 5. The summed E-state index contributed by atoms with van der Waals surface area (Å²) in [5.74, 6) is -0.355. The van der Waals surface area contributed by atoms with Crippen LogP contribution in [0.15, 0.2) is 30.3 Å². The lowest BCUT2D eigenvalue weighted by molar-refractivity contribution is -0.132. The smallest absolute Gasteiger partial charge is 0.247 e. The van der Waals surface area contributed by atoms with E-state index in [0.717, 1.165) is 15.2 Å². The van der Waals surface area contributed by atoms with Crippen molar-refractivity contribution in [3.05, 3.63) is 35.3 Å². The molecule has 1 aromatic carbocycles. The highest BCUT2D eigenvalue weighted by Gasteiger charge is 2.18. The topological polar surface area (TPSA) is 62.3 Å². The Balaban J connectivity index is 2.01. The molecule has 1 heterocycles. The molecule has 0 aliphatic carbocycles. The zero-order chi connectivity index (χ0) is 17.7. The van der Waals surface area contributed by atoms with E-state index in [1.807, 2.05) is 52.0 Å². The van der Waals surface area contributed by atoms with Crippen molar-refractivity contribution in [3.63, 3.8) is 0 Å². The number of thiazole rings is 1. The monoisotopic (exact) mass is 345 g/mol. The van der Waals surface area contributed by atoms with Crippen LogP contribution in [0.1, 0.15) is 32.7 Å². The van der Waals surface area contributed by atoms with E-state index in [2.05, 4.69) is 10.3 Å². The molecule has 0 unspecified atom stereocenters. The van der Waals surface area contributed by atoms with Crippen LogP contribution in [0.25, 0.3) is 16.3 Å². The van der Waals surface area contributed by atoms with Gasteiger partial charge in [0.25, 0.3) is 0 Å². The van der Waals surface area contributed by atoms with Crippen molar-refractivity contribution in [2.75, 3.05) is 13.1 Å². The predicted octanol–water partition coefficient (Wildman–Crippen LogP) is 3.07. The molecule has 6 heteroatoms. The highest BCUT2D eigenvalue weighted by Crippen LogP contribution is 2.22. The van der Waals surface area contributed by atoms with Crippen LogP contribution < -0.4 is 5.32 Å². The number of aromatic nitrogens is 1. The Hall–Kier alpha value is -2.21. The van der Waals surface area contributed by atoms with Gasteiger partial charge in [-0.15, -0.1) is 11.3 Å². The summed E-state index contributed by atoms with van der Waals surface area (Å²) in [6.45, 7) is 8.12. The lowest BCUT2D eigenvalue weighted by Crippen LogP contribution is -2.47. The summed E-state index contributed by atoms with van der Waals surface area (Å²) in [7, 11) is 0. The molecule has 0 radical (unpaired) electrons. The number of nitrogens with zero attached hydrogens (tertiary/aromatic N) is 2. The molecule has 0 atom stereocenters. The van der Waals surface area contributed by atoms with Crippen molar-refractivity contribution in [1.82, 2.24) is 15.2 Å². The van der Waals surface area contributed by atoms with Crippen LogP contribution >= 0.6 is 11.3 Å². The third kappa shape index (κ3) is 5.16. The number of carbonyl (C=O) groups excluding carboxylic acids is 2. The summed E-state index contributed by atoms with van der Waals surface area (Å²) in [6.07, 6.45) is 3.18. The third-order valence-corrected chi connectivity index (χ3v) is 4.22. The Morgan fingerprint density at radius 2 is 2.00 bits per heavy atom. The SMILES string of the molecule is CCN(CC(=O)NC(C)(C)C)C(=O)C=Cc1nc2ccccc2s1. The maximum Gasteiger partial charge on any atom is 0.247 e. The zero-order valence-corrected chi connectivity index (χ0v) is 15.3. The van der Waals surface area contributed by atoms with Crippen LogP contribution in [0.5, 0.6) is 0 Å². The van der Waals surface area contributed by atoms with E-state index in [1.165, 1.54) is 22.3 Å². The molecule has 0 saturated heterocycles. The number of hydrogen-bond acceptors (Lipinski definition) is 4. The molecular weight excluding hydrogens is 322 g/mol. The van der Waals surface area contributed by atoms with Gasteiger partial charge in [0.05, 0.1) is 16.8 Å². The highest BCUT2D eigenvalue weighted by molar-refractivity contribution is 7.19. The fourth-order valence-corrected chi connectivity index (χ4v) is 3.06. The first-order valence-electron chi connectivity index (χ1n) is 7.92. The van der Waals surface area contributed by atoms with E-state index in [0.29, 0.717) is 6.54 Å². The Morgan fingerprint density at radius 3 is 2.62 bits per heavy atom. The number of para-hydroxylation sites is 1. The predicted molar refractivity (Wildman–Crippen MR) is 98.8 cm³/mol. The number of amides is 2. The quantitative estimate of drug-likeness (QED) is 0.847. The second kappa shape index (κ2) is 7.57. The van der Waals surface area contributed by atoms with Gasteiger partial charge in [0.2, 0.25) is 11.8 Å². The molecular formula is C18H23N3O2S. The fourth-order valence-electron chi connectivity index (χ4n) is 2.19. The number of likely N-dealkylation sites (N-methyl/N-ethyl adjacent to an activating group) is 1. The Kier molecular flexibility index (Phi) is 5.72. The molecule has 128 valence electrons. The Bertz CT molecular complexity index is 726. The molecule has 1 aromatic heterocycles. The average Bonchev–Trinajstić information content (AvgIpc) is 2.91. The van der Waals surface area contributed by atoms with E-state index >= 15 is 0 Å². The second-order valence-corrected chi connectivity index (χ2v) is 7.57. The van der Waals surface area contributed by atoms with Gasteiger partial charge in [0.1, 0.15) is 5.01 Å². The number of carbonyl (C=O) groups is 2. The van der Waals surface area contributed by atoms with Crippen LogP contribution in [0, 0.1) is 0 Å². The van der Waals surface area contributed by atoms with Gasteiger partial charge in [0, 0.05) is 18.2 Å². The third-order valence-electron chi connectivity index (χ3n) is 3.22. The van der Waals surface area contributed by atoms with Crippen molar-refractivity contribution in [2.24, 2.45) is 0 Å². The van der Waals surface area contributed by atoms with Gasteiger partial charge in [0.15, 0.2) is 0 Å². The summed E-state index contributed by atoms with van der Waals surface area (Å²) in [5, 5.41) is 3.64. The van der Waals surface area contributed by atoms with Crippen molar-refractivity contribution in [3.8, 4) is 0 Å². The van der Waals surface area contributed by atoms with Crippen LogP contribution in [-0.2, 0) is 9.59 Å². The van der Waals surface area contributed by atoms with Gasteiger partial charge < -0.3 is 10.2 Å². The van der Waals surface area contributed by atoms with Gasteiger partial charge in [-0.05, 0) is 45.9 Å². The molecule has 0 bridgehead atoms. The molecule has 2 amide bonds. The molecule has 0 fully saturated rings. The Labute approximate surface area is 146 Å². The number of benzene rings is 1. The number of nitrogens with one attached hydrogen (secondary N) is 1. The second-order valence-electron chi connectivity index (χ2n) is 6.50. The summed E-state index contributed by atoms with van der Waals surface area (Å²) >= 11 is 1.53. The minimum Gasteiger partial charge on any atom is -0.350 e. The standard InChI is InChI=1S/C18H23N3O2S/c1-5-21(12-15(22)20-18(2,3)4)17(23)11-10-16-19-13-8-6-7-9-14(13)24-16/h6-11H,5,12H2,1-4H3,(H,20,22). The maximum absolute atomic E-state index is 12.3. The molecule has 1 N–H and O–H groups in total. The lowest BCUT2D eigenvalue weighted by atomic mass is 10.1. The van der Waals surface area contributed by atoms with Gasteiger partial charge in [-0.1, -0.05) is 12.1 Å². The number of fused-ring (bicyclic) bond motifs is 1. The minimum atomic E-state index is -0.309. The van der Waals surface area contributed by atoms with E-state index in [1.54, 1.807) is 6.08 Å². The first kappa shape index (κ1) is 18.1.